The minimum atomic E-state index is -0.630. The first-order valence-electron chi connectivity index (χ1n) is 9.36. The van der Waals surface area contributed by atoms with Gasteiger partial charge in [-0.2, -0.15) is 5.26 Å². The minimum absolute atomic E-state index is 0.126. The van der Waals surface area contributed by atoms with Gasteiger partial charge < -0.3 is 10.1 Å². The molecule has 3 rings (SSSR count). The number of halogens is 1. The molecule has 8 heteroatoms. The number of nitriles is 1. The Hall–Kier alpha value is -3.73. The minimum Gasteiger partial charge on any atom is -0.444 e. The van der Waals surface area contributed by atoms with Crippen LogP contribution in [-0.2, 0) is 11.2 Å². The predicted octanol–water partition coefficient (Wildman–Crippen LogP) is 3.46. The summed E-state index contributed by atoms with van der Waals surface area (Å²) in [6, 6.07) is 12.3. The number of aromatic nitrogens is 2. The number of rotatable bonds is 4. The van der Waals surface area contributed by atoms with Crippen LogP contribution in [0, 0.1) is 17.1 Å². The second kappa shape index (κ2) is 8.33. The van der Waals surface area contributed by atoms with Crippen molar-refractivity contribution in [1.29, 1.82) is 5.26 Å². The van der Waals surface area contributed by atoms with Gasteiger partial charge in [-0.3, -0.25) is 9.36 Å². The summed E-state index contributed by atoms with van der Waals surface area (Å²) in [4.78, 5) is 29.6. The number of hydrogen-bond acceptors (Lipinski definition) is 5. The maximum absolute atomic E-state index is 13.7. The van der Waals surface area contributed by atoms with Crippen LogP contribution in [0.1, 0.15) is 32.2 Å². The van der Waals surface area contributed by atoms with Gasteiger partial charge in [0.25, 0.3) is 5.56 Å². The van der Waals surface area contributed by atoms with Crippen molar-refractivity contribution in [3.8, 4) is 11.8 Å². The number of nitrogens with one attached hydrogen (secondary N) is 1. The van der Waals surface area contributed by atoms with Gasteiger partial charge in [-0.1, -0.05) is 6.07 Å². The number of ether oxygens (including phenoxy) is 1. The van der Waals surface area contributed by atoms with E-state index in [1.807, 2.05) is 6.07 Å². The lowest BCUT2D eigenvalue weighted by molar-refractivity contribution is 0.0528. The standard InChI is InChI=1S/C22H21FN4O3/c1-22(2,3)30-21(29)25-10-9-19-26-18-8-7-15(23)12-17(18)20(28)27(19)16-6-4-5-14(11-16)13-24/h4-8,11-12H,9-10H2,1-3H3,(H,25,29). The van der Waals surface area contributed by atoms with Crippen molar-refractivity contribution < 1.29 is 13.9 Å². The maximum Gasteiger partial charge on any atom is 0.407 e. The third-order valence-corrected chi connectivity index (χ3v) is 4.15. The van der Waals surface area contributed by atoms with Crippen LogP contribution in [0.3, 0.4) is 0 Å². The van der Waals surface area contributed by atoms with Crippen LogP contribution < -0.4 is 10.9 Å². The summed E-state index contributed by atoms with van der Waals surface area (Å²) in [5.41, 5.74) is 0.0691. The summed E-state index contributed by atoms with van der Waals surface area (Å²) in [6.07, 6.45) is -0.357. The molecule has 0 radical (unpaired) electrons. The highest BCUT2D eigenvalue weighted by molar-refractivity contribution is 5.78. The van der Waals surface area contributed by atoms with E-state index in [0.717, 1.165) is 6.07 Å². The number of hydrogen-bond donors (Lipinski definition) is 1. The van der Waals surface area contributed by atoms with Crippen LogP contribution in [-0.4, -0.2) is 27.8 Å². The number of carbonyl (C=O) groups is 1. The summed E-state index contributed by atoms with van der Waals surface area (Å²) in [5, 5.41) is 11.9. The molecule has 1 amide bonds. The third-order valence-electron chi connectivity index (χ3n) is 4.15. The van der Waals surface area contributed by atoms with Crippen LogP contribution in [0.2, 0.25) is 0 Å². The molecule has 1 N–H and O–H groups in total. The molecular formula is C22H21FN4O3. The van der Waals surface area contributed by atoms with E-state index in [0.29, 0.717) is 22.6 Å². The summed E-state index contributed by atoms with van der Waals surface area (Å²) in [5.74, 6) is -0.177. The van der Waals surface area contributed by atoms with E-state index < -0.39 is 23.1 Å². The molecule has 0 atom stereocenters. The Bertz CT molecular complexity index is 1210. The van der Waals surface area contributed by atoms with E-state index in [4.69, 9.17) is 4.74 Å². The molecule has 0 fully saturated rings. The topological polar surface area (TPSA) is 97.0 Å². The SMILES string of the molecule is CC(C)(C)OC(=O)NCCc1nc2ccc(F)cc2c(=O)n1-c1cccc(C#N)c1. The summed E-state index contributed by atoms with van der Waals surface area (Å²) >= 11 is 0. The molecule has 0 aliphatic heterocycles. The van der Waals surface area contributed by atoms with E-state index in [9.17, 15) is 19.2 Å². The van der Waals surface area contributed by atoms with E-state index in [1.54, 1.807) is 45.0 Å². The molecular weight excluding hydrogens is 387 g/mol. The lowest BCUT2D eigenvalue weighted by Crippen LogP contribution is -2.34. The predicted molar refractivity (Wildman–Crippen MR) is 110 cm³/mol. The van der Waals surface area contributed by atoms with Crippen molar-refractivity contribution in [1.82, 2.24) is 14.9 Å². The number of amides is 1. The summed E-state index contributed by atoms with van der Waals surface area (Å²) in [7, 11) is 0. The molecule has 154 valence electrons. The molecule has 0 aliphatic rings. The molecule has 0 spiro atoms. The average Bonchev–Trinajstić information content (AvgIpc) is 2.67. The first-order chi connectivity index (χ1) is 14.2. The van der Waals surface area contributed by atoms with Gasteiger partial charge >= 0.3 is 6.09 Å². The molecule has 1 heterocycles. The Kier molecular flexibility index (Phi) is 5.83. The highest BCUT2D eigenvalue weighted by Gasteiger charge is 2.17. The zero-order valence-corrected chi connectivity index (χ0v) is 16.9. The van der Waals surface area contributed by atoms with E-state index in [1.165, 1.54) is 16.7 Å². The molecule has 7 nitrogen and oxygen atoms in total. The Morgan fingerprint density at radius 2 is 2.03 bits per heavy atom. The molecule has 0 saturated heterocycles. The lowest BCUT2D eigenvalue weighted by Gasteiger charge is -2.20. The first-order valence-corrected chi connectivity index (χ1v) is 9.36. The van der Waals surface area contributed by atoms with Crippen LogP contribution in [0.15, 0.2) is 47.3 Å². The van der Waals surface area contributed by atoms with Gasteiger partial charge in [-0.15, -0.1) is 0 Å². The molecule has 0 aliphatic carbocycles. The zero-order chi connectivity index (χ0) is 21.9. The average molecular weight is 408 g/mol. The molecule has 0 bridgehead atoms. The smallest absolute Gasteiger partial charge is 0.407 e. The molecule has 30 heavy (non-hydrogen) atoms. The zero-order valence-electron chi connectivity index (χ0n) is 16.9. The fourth-order valence-electron chi connectivity index (χ4n) is 2.94. The fraction of sp³-hybridized carbons (Fsp3) is 0.273. The lowest BCUT2D eigenvalue weighted by atomic mass is 10.2. The number of nitrogens with zero attached hydrogens (tertiary/aromatic N) is 3. The van der Waals surface area contributed by atoms with Crippen molar-refractivity contribution in [2.45, 2.75) is 32.8 Å². The van der Waals surface area contributed by atoms with Crippen molar-refractivity contribution in [3.63, 3.8) is 0 Å². The number of carbonyl (C=O) groups excluding carboxylic acids is 1. The molecule has 2 aromatic carbocycles. The normalized spacial score (nSPS) is 11.2. The number of alkyl carbamates (subject to hydrolysis) is 1. The van der Waals surface area contributed by atoms with Gasteiger partial charge in [0, 0.05) is 13.0 Å². The second-order valence-corrected chi connectivity index (χ2v) is 7.67. The van der Waals surface area contributed by atoms with E-state index in [-0.39, 0.29) is 18.4 Å². The quantitative estimate of drug-likeness (QED) is 0.713. The highest BCUT2D eigenvalue weighted by Crippen LogP contribution is 2.16. The van der Waals surface area contributed by atoms with Gasteiger partial charge in [0.1, 0.15) is 17.2 Å². The number of fused-ring (bicyclic) bond motifs is 1. The molecule has 0 unspecified atom stereocenters. The van der Waals surface area contributed by atoms with Crippen molar-refractivity contribution in [2.24, 2.45) is 0 Å². The van der Waals surface area contributed by atoms with Crippen molar-refractivity contribution in [3.05, 3.63) is 70.0 Å². The van der Waals surface area contributed by atoms with Gasteiger partial charge in [-0.05, 0) is 57.2 Å². The van der Waals surface area contributed by atoms with Gasteiger partial charge in [-0.25, -0.2) is 14.2 Å². The van der Waals surface area contributed by atoms with Crippen LogP contribution >= 0.6 is 0 Å². The first kappa shape index (κ1) is 21.0. The maximum atomic E-state index is 13.7. The summed E-state index contributed by atoms with van der Waals surface area (Å²) < 4.78 is 20.3. The van der Waals surface area contributed by atoms with E-state index >= 15 is 0 Å². The van der Waals surface area contributed by atoms with E-state index in [2.05, 4.69) is 10.3 Å². The Morgan fingerprint density at radius 3 is 2.73 bits per heavy atom. The molecule has 0 saturated carbocycles. The van der Waals surface area contributed by atoms with Crippen LogP contribution in [0.25, 0.3) is 16.6 Å². The Balaban J connectivity index is 2.01. The number of benzene rings is 2. The Labute approximate surface area is 172 Å². The van der Waals surface area contributed by atoms with Crippen molar-refractivity contribution in [2.75, 3.05) is 6.54 Å². The van der Waals surface area contributed by atoms with Crippen molar-refractivity contribution >= 4 is 17.0 Å². The largest absolute Gasteiger partial charge is 0.444 e. The monoisotopic (exact) mass is 408 g/mol. The third kappa shape index (κ3) is 4.81. The van der Waals surface area contributed by atoms with Crippen LogP contribution in [0.5, 0.6) is 0 Å². The van der Waals surface area contributed by atoms with Crippen LogP contribution in [0.4, 0.5) is 9.18 Å². The summed E-state index contributed by atoms with van der Waals surface area (Å²) in [6.45, 7) is 5.45. The molecule has 3 aromatic rings. The highest BCUT2D eigenvalue weighted by atomic mass is 19.1. The Morgan fingerprint density at radius 1 is 1.27 bits per heavy atom. The van der Waals surface area contributed by atoms with Gasteiger partial charge in [0.15, 0.2) is 0 Å². The fourth-order valence-corrected chi connectivity index (χ4v) is 2.94. The van der Waals surface area contributed by atoms with Gasteiger partial charge in [0.2, 0.25) is 0 Å². The molecule has 1 aromatic heterocycles. The van der Waals surface area contributed by atoms with Gasteiger partial charge in [0.05, 0.1) is 28.2 Å². The second-order valence-electron chi connectivity index (χ2n) is 7.67.